The summed E-state index contributed by atoms with van der Waals surface area (Å²) in [5.41, 5.74) is 31.2. The molecule has 8 heteroatoms. The fourth-order valence-corrected chi connectivity index (χ4v) is 17.8. The van der Waals surface area contributed by atoms with Crippen LogP contribution in [0.5, 0.6) is 11.5 Å². The topological polar surface area (TPSA) is 28.8 Å². The Bertz CT molecular complexity index is 5790. The summed E-state index contributed by atoms with van der Waals surface area (Å²) in [7, 11) is 0. The second-order valence-electron chi connectivity index (χ2n) is 36.3. The second kappa shape index (κ2) is 22.5. The van der Waals surface area contributed by atoms with Crippen molar-refractivity contribution in [3.8, 4) is 22.9 Å². The van der Waals surface area contributed by atoms with Crippen LogP contribution < -0.4 is 52.2 Å². The molecule has 0 amide bonds. The number of fused-ring (bicyclic) bond motifs is 14. The van der Waals surface area contributed by atoms with E-state index in [1.165, 1.54) is 116 Å². The van der Waals surface area contributed by atoms with Gasteiger partial charge in [-0.05, 0) is 196 Å². The first-order chi connectivity index (χ1) is 49.4. The van der Waals surface area contributed by atoms with Gasteiger partial charge in [-0.25, -0.2) is 0 Å². The molecule has 0 bridgehead atoms. The molecule has 4 aliphatic rings. The van der Waals surface area contributed by atoms with Crippen molar-refractivity contribution in [1.82, 2.24) is 9.13 Å². The van der Waals surface area contributed by atoms with E-state index < -0.39 is 0 Å². The summed E-state index contributed by atoms with van der Waals surface area (Å²) in [5.74, 6) is 1.80. The van der Waals surface area contributed by atoms with Crippen molar-refractivity contribution >= 4 is 141 Å². The molecular formula is C96H93B2N5O. The van der Waals surface area contributed by atoms with Crippen molar-refractivity contribution in [3.63, 3.8) is 0 Å². The quantitative estimate of drug-likeness (QED) is 0.161. The molecule has 14 aromatic rings. The van der Waals surface area contributed by atoms with Gasteiger partial charge in [0.05, 0.1) is 33.4 Å². The van der Waals surface area contributed by atoms with Crippen molar-refractivity contribution in [3.05, 3.63) is 270 Å². The zero-order valence-corrected chi connectivity index (χ0v) is 63.8. The molecule has 0 N–H and O–H groups in total. The van der Waals surface area contributed by atoms with Crippen LogP contribution >= 0.6 is 0 Å². The molecule has 514 valence electrons. The summed E-state index contributed by atoms with van der Waals surface area (Å²) in [6.07, 6.45) is 0. The average Bonchev–Trinajstić information content (AvgIpc) is 0.783. The molecule has 0 spiro atoms. The van der Waals surface area contributed by atoms with E-state index in [0.29, 0.717) is 0 Å². The third-order valence-electron chi connectivity index (χ3n) is 23.1. The molecular weight excluding hydrogens is 1260 g/mol. The van der Waals surface area contributed by atoms with Gasteiger partial charge in [-0.15, -0.1) is 0 Å². The highest BCUT2D eigenvalue weighted by atomic mass is 16.5. The van der Waals surface area contributed by atoms with E-state index in [1.54, 1.807) is 0 Å². The lowest BCUT2D eigenvalue weighted by molar-refractivity contribution is 0.478. The van der Waals surface area contributed by atoms with Gasteiger partial charge in [-0.1, -0.05) is 258 Å². The van der Waals surface area contributed by atoms with Crippen LogP contribution in [0.3, 0.4) is 0 Å². The minimum absolute atomic E-state index is 0.157. The van der Waals surface area contributed by atoms with Gasteiger partial charge in [0.1, 0.15) is 11.5 Å². The van der Waals surface area contributed by atoms with E-state index in [2.05, 4.69) is 385 Å². The lowest BCUT2D eigenvalue weighted by Gasteiger charge is -2.48. The summed E-state index contributed by atoms with van der Waals surface area (Å²) in [5, 5.41) is 4.90. The number of hydrogen-bond donors (Lipinski definition) is 0. The normalized spacial score (nSPS) is 14.2. The van der Waals surface area contributed by atoms with Crippen LogP contribution in [0.1, 0.15) is 158 Å². The predicted octanol–water partition coefficient (Wildman–Crippen LogP) is 22.2. The van der Waals surface area contributed by atoms with Crippen LogP contribution in [0.4, 0.5) is 51.2 Å². The van der Waals surface area contributed by atoms with E-state index >= 15 is 0 Å². The zero-order chi connectivity index (χ0) is 72.4. The monoisotopic (exact) mass is 1350 g/mol. The number of benzene rings is 12. The van der Waals surface area contributed by atoms with Crippen LogP contribution in [0, 0.1) is 0 Å². The van der Waals surface area contributed by atoms with Crippen molar-refractivity contribution in [2.45, 2.75) is 157 Å². The zero-order valence-electron chi connectivity index (χ0n) is 63.8. The molecule has 0 aliphatic carbocycles. The van der Waals surface area contributed by atoms with Gasteiger partial charge in [0, 0.05) is 78.8 Å². The first-order valence-electron chi connectivity index (χ1n) is 37.6. The Balaban J connectivity index is 1.03. The van der Waals surface area contributed by atoms with E-state index in [-0.39, 0.29) is 45.9 Å². The largest absolute Gasteiger partial charge is 0.458 e. The fraction of sp³-hybridized carbons (Fsp3) is 0.250. The Morgan fingerprint density at radius 1 is 0.240 bits per heavy atom. The van der Waals surface area contributed by atoms with Crippen LogP contribution in [0.25, 0.3) is 55.0 Å². The van der Waals surface area contributed by atoms with Crippen LogP contribution in [-0.4, -0.2) is 22.6 Å². The van der Waals surface area contributed by atoms with Gasteiger partial charge < -0.3 is 28.6 Å². The summed E-state index contributed by atoms with van der Waals surface area (Å²) < 4.78 is 12.9. The average molecular weight is 1350 g/mol. The molecule has 0 atom stereocenters. The SMILES string of the molecule is CC(C)(C)c1cc(N2c3cc(-n4c5ccccc5c5ccccc54)cc4c3B(c3cc5c(cc3N4c3ccccc3)N(c3ccccc3)c3cc(-n4c6ccccc6c6ccccc64)cc4c3B5c3c(cc(C(C)(C)C)cc3C(C)(C)C)O4)c3c2cc(C(C)(C)C)cc3C(C)(C)C)cc(C(C)(C)C)c1. The first kappa shape index (κ1) is 65.6. The highest BCUT2D eigenvalue weighted by Crippen LogP contribution is 2.53. The summed E-state index contributed by atoms with van der Waals surface area (Å²) >= 11 is 0. The van der Waals surface area contributed by atoms with E-state index in [4.69, 9.17) is 4.74 Å². The number of ether oxygens (including phenoxy) is 1. The van der Waals surface area contributed by atoms with Gasteiger partial charge in [-0.2, -0.15) is 0 Å². The standard InChI is InChI=1S/C96H93B2N5O/c1-91(2,3)58-45-59(92(4,5)6)47-64(46-58)103-81-50-60(93(7,8)9)48-71(95(13,14)15)87(81)97-73-56-74-80(57-79(73)99(62-33-21-19-22-34-62)82-52-65(53-83(103)89(82)97)101-75-41-29-25-37-67(75)68-38-26-30-42-76(68)101)100(63-35-23-20-24-36-63)84-54-66(102-77-43-31-27-39-69(77)70-40-28-32-44-78(70)102)55-86-90(84)98(74)88-72(96(16,17)18)49-61(94(10,11)12)51-85(88)104-86/h19-57H,1-18H3. The fourth-order valence-electron chi connectivity index (χ4n) is 17.8. The van der Waals surface area contributed by atoms with Gasteiger partial charge >= 0.3 is 0 Å². The molecule has 6 nitrogen and oxygen atoms in total. The molecule has 0 unspecified atom stereocenters. The molecule has 0 radical (unpaired) electrons. The Kier molecular flexibility index (Phi) is 14.2. The van der Waals surface area contributed by atoms with E-state index in [0.717, 1.165) is 68.0 Å². The minimum atomic E-state index is -0.301. The molecule has 0 saturated carbocycles. The molecule has 104 heavy (non-hydrogen) atoms. The molecule has 0 saturated heterocycles. The molecule has 4 aliphatic heterocycles. The van der Waals surface area contributed by atoms with Crippen LogP contribution in [0.2, 0.25) is 0 Å². The highest BCUT2D eigenvalue weighted by molar-refractivity contribution is 7.03. The Morgan fingerprint density at radius 2 is 0.577 bits per heavy atom. The predicted molar refractivity (Wildman–Crippen MR) is 447 cm³/mol. The Hall–Kier alpha value is -10.4. The maximum Gasteiger partial charge on any atom is 0.256 e. The van der Waals surface area contributed by atoms with Crippen LogP contribution in [0.15, 0.2) is 237 Å². The third kappa shape index (κ3) is 10.0. The Morgan fingerprint density at radius 3 is 1.00 bits per heavy atom. The molecule has 18 rings (SSSR count). The van der Waals surface area contributed by atoms with Gasteiger partial charge in [0.15, 0.2) is 0 Å². The molecule has 6 heterocycles. The third-order valence-corrected chi connectivity index (χ3v) is 23.1. The summed E-state index contributed by atoms with van der Waals surface area (Å²) in [6, 6.07) is 91.3. The van der Waals surface area contributed by atoms with Gasteiger partial charge in [0.2, 0.25) is 0 Å². The Labute approximate surface area is 615 Å². The lowest BCUT2D eigenvalue weighted by atomic mass is 9.29. The molecule has 12 aromatic carbocycles. The number of hydrogen-bond acceptors (Lipinski definition) is 4. The number of nitrogens with zero attached hydrogens (tertiary/aromatic N) is 5. The number of aromatic nitrogens is 2. The van der Waals surface area contributed by atoms with Crippen molar-refractivity contribution in [1.29, 1.82) is 0 Å². The first-order valence-corrected chi connectivity index (χ1v) is 37.6. The summed E-state index contributed by atoms with van der Waals surface area (Å²) in [4.78, 5) is 7.98. The number of para-hydroxylation sites is 6. The number of anilines is 9. The smallest absolute Gasteiger partial charge is 0.256 e. The highest BCUT2D eigenvalue weighted by Gasteiger charge is 2.51. The van der Waals surface area contributed by atoms with Crippen LogP contribution in [-0.2, 0) is 32.5 Å². The van der Waals surface area contributed by atoms with Crippen molar-refractivity contribution < 1.29 is 4.74 Å². The van der Waals surface area contributed by atoms with E-state index in [1.807, 2.05) is 0 Å². The molecule has 0 fully saturated rings. The summed E-state index contributed by atoms with van der Waals surface area (Å²) in [6.45, 7) is 42.6. The second-order valence-corrected chi connectivity index (χ2v) is 36.3. The maximum atomic E-state index is 7.85. The van der Waals surface area contributed by atoms with Crippen molar-refractivity contribution in [2.24, 2.45) is 0 Å². The minimum Gasteiger partial charge on any atom is -0.458 e. The lowest BCUT2D eigenvalue weighted by Crippen LogP contribution is -2.66. The van der Waals surface area contributed by atoms with Crippen molar-refractivity contribution in [2.75, 3.05) is 14.7 Å². The maximum absolute atomic E-state index is 7.85. The van der Waals surface area contributed by atoms with Gasteiger partial charge in [0.25, 0.3) is 13.4 Å². The molecule has 2 aromatic heterocycles. The van der Waals surface area contributed by atoms with Gasteiger partial charge in [-0.3, -0.25) is 0 Å². The number of rotatable bonds is 5. The van der Waals surface area contributed by atoms with E-state index in [9.17, 15) is 0 Å².